The fourth-order valence-electron chi connectivity index (χ4n) is 8.45. The molecular weight excluding hydrogens is 679 g/mol. The van der Waals surface area contributed by atoms with Gasteiger partial charge in [-0.25, -0.2) is 0 Å². The molecule has 0 saturated heterocycles. The molecule has 0 aromatic heterocycles. The average Bonchev–Trinajstić information content (AvgIpc) is 3.85. The smallest absolute Gasteiger partial charge is 0.0899 e. The van der Waals surface area contributed by atoms with Gasteiger partial charge in [-0.1, -0.05) is 117 Å². The Labute approximate surface area is 325 Å². The third-order valence-electron chi connectivity index (χ3n) is 10.7. The molecule has 1 heterocycles. The highest BCUT2D eigenvalue weighted by Gasteiger charge is 2.45. The zero-order valence-electron chi connectivity index (χ0n) is 33.2. The van der Waals surface area contributed by atoms with Crippen LogP contribution in [0, 0.1) is 117 Å². The van der Waals surface area contributed by atoms with E-state index in [0.29, 0.717) is 0 Å². The summed E-state index contributed by atoms with van der Waals surface area (Å²) >= 11 is 0. The first kappa shape index (κ1) is 38.4. The lowest BCUT2D eigenvalue weighted by molar-refractivity contribution is 0.204. The number of hydrogen-bond donors (Lipinski definition) is 0. The van der Waals surface area contributed by atoms with E-state index in [1.54, 1.807) is 0 Å². The summed E-state index contributed by atoms with van der Waals surface area (Å²) in [4.78, 5) is 5.07. The lowest BCUT2D eigenvalue weighted by Gasteiger charge is -2.39. The summed E-state index contributed by atoms with van der Waals surface area (Å²) in [7, 11) is -1.45. The Bertz CT molecular complexity index is 1640. The summed E-state index contributed by atoms with van der Waals surface area (Å²) in [6.07, 6.45) is 18.7. The molecule has 0 unspecified atom stereocenters. The molecule has 4 aromatic rings. The molecule has 0 spiro atoms. The topological polar surface area (TPSA) is 6.48 Å². The van der Waals surface area contributed by atoms with Crippen molar-refractivity contribution in [3.05, 3.63) is 191 Å². The van der Waals surface area contributed by atoms with Crippen LogP contribution in [0.2, 0.25) is 0 Å². The van der Waals surface area contributed by atoms with Crippen molar-refractivity contribution in [3.63, 3.8) is 0 Å². The van der Waals surface area contributed by atoms with Crippen molar-refractivity contribution in [2.45, 2.75) is 81.3 Å². The van der Waals surface area contributed by atoms with Crippen LogP contribution in [-0.2, 0) is 0 Å². The van der Waals surface area contributed by atoms with Crippen molar-refractivity contribution in [2.75, 3.05) is 6.67 Å². The minimum Gasteiger partial charge on any atom is -0.355 e. The summed E-state index contributed by atoms with van der Waals surface area (Å²) in [6, 6.07) is 29.0. The molecule has 1 aliphatic heterocycles. The van der Waals surface area contributed by atoms with Gasteiger partial charge in [0.15, 0.2) is 0 Å². The Morgan fingerprint density at radius 3 is 0.925 bits per heavy atom. The van der Waals surface area contributed by atoms with Crippen LogP contribution in [0.3, 0.4) is 0 Å². The number of aryl methyl sites for hydroxylation is 8. The van der Waals surface area contributed by atoms with E-state index in [0.717, 1.165) is 6.67 Å². The van der Waals surface area contributed by atoms with Gasteiger partial charge in [-0.15, -0.1) is 0 Å². The standard InChI is InChI=1S/C49H54N2P2/c1-32-19-33(2)24-42(23-32)52(43-25-34(3)20-35(4)26-43)48-15-11-13-46(48)40(9)50-17-18-51(31-50)41(10)47-14-12-16-49(47)53(44-27-36(5)21-37(6)28-44)45-29-38(7)22-39(8)30-45/h11-30,40-41H,31H2,1-10H3/t40-,41-/m1/s1. The summed E-state index contributed by atoms with van der Waals surface area (Å²) in [6.45, 7) is 23.5. The molecule has 0 amide bonds. The molecule has 2 atom stereocenters. The molecule has 2 fully saturated rings. The van der Waals surface area contributed by atoms with Crippen molar-refractivity contribution in [1.82, 2.24) is 9.80 Å². The summed E-state index contributed by atoms with van der Waals surface area (Å²) < 4.78 is 0. The first-order valence-corrected chi connectivity index (χ1v) is 21.7. The van der Waals surface area contributed by atoms with E-state index in [4.69, 9.17) is 0 Å². The molecule has 0 bridgehead atoms. The highest BCUT2D eigenvalue weighted by Crippen LogP contribution is 2.59. The largest absolute Gasteiger partial charge is 0.355 e. The van der Waals surface area contributed by atoms with Crippen LogP contribution in [0.15, 0.2) is 85.2 Å². The van der Waals surface area contributed by atoms with Crippen molar-refractivity contribution in [3.8, 4) is 0 Å². The second-order valence-corrected chi connectivity index (χ2v) is 20.0. The maximum atomic E-state index is 2.53. The fraction of sp³-hybridized carbons (Fsp3) is 0.265. The van der Waals surface area contributed by atoms with Crippen molar-refractivity contribution >= 4 is 37.1 Å². The minimum absolute atomic E-state index is 0.233. The molecule has 3 aliphatic rings. The van der Waals surface area contributed by atoms with E-state index in [9.17, 15) is 0 Å². The van der Waals surface area contributed by atoms with Crippen LogP contribution in [0.1, 0.15) is 58.4 Å². The third-order valence-corrected chi connectivity index (χ3v) is 15.5. The maximum Gasteiger partial charge on any atom is 0.0899 e. The lowest BCUT2D eigenvalue weighted by Crippen LogP contribution is -2.42. The van der Waals surface area contributed by atoms with E-state index < -0.39 is 15.8 Å². The first-order valence-electron chi connectivity index (χ1n) is 19.0. The zero-order valence-corrected chi connectivity index (χ0v) is 35.0. The molecule has 53 heavy (non-hydrogen) atoms. The SMILES string of the molecule is Cc1cc(C)cc(P([C]2[CH][CH][CH][C]2[C@@H](C)N2C=CN([C@H](C)[C]3[CH][CH][CH][C]3P(c3cc(C)cc(C)c3)c3cc(C)cc(C)c3)C2)c2cc(C)cc(C)c2)c1. The second kappa shape index (κ2) is 16.0. The van der Waals surface area contributed by atoms with Gasteiger partial charge in [-0.3, -0.25) is 0 Å². The quantitative estimate of drug-likeness (QED) is 0.150. The monoisotopic (exact) mass is 732 g/mol. The highest BCUT2D eigenvalue weighted by molar-refractivity contribution is 7.76. The third kappa shape index (κ3) is 8.36. The molecule has 4 heteroatoms. The van der Waals surface area contributed by atoms with E-state index in [2.05, 4.69) is 203 Å². The predicted molar refractivity (Wildman–Crippen MR) is 231 cm³/mol. The first-order chi connectivity index (χ1) is 25.3. The average molecular weight is 733 g/mol. The van der Waals surface area contributed by atoms with E-state index in [1.165, 1.54) is 88.9 Å². The van der Waals surface area contributed by atoms with Gasteiger partial charge in [-0.2, -0.15) is 0 Å². The van der Waals surface area contributed by atoms with Crippen molar-refractivity contribution in [1.29, 1.82) is 0 Å². The van der Waals surface area contributed by atoms with E-state index >= 15 is 0 Å². The van der Waals surface area contributed by atoms with Crippen LogP contribution in [0.5, 0.6) is 0 Å². The van der Waals surface area contributed by atoms with Gasteiger partial charge < -0.3 is 9.80 Å². The summed E-state index contributed by atoms with van der Waals surface area (Å²) in [5, 5.41) is 5.73. The number of benzene rings is 4. The van der Waals surface area contributed by atoms with E-state index in [1.807, 2.05) is 0 Å². The molecule has 2 aliphatic carbocycles. The van der Waals surface area contributed by atoms with Crippen LogP contribution >= 0.6 is 15.8 Å². The highest BCUT2D eigenvalue weighted by atomic mass is 31.1. The Hall–Kier alpha value is -2.92. The predicted octanol–water partition coefficient (Wildman–Crippen LogP) is 10.0. The van der Waals surface area contributed by atoms with E-state index in [-0.39, 0.29) is 12.1 Å². The number of nitrogens with zero attached hydrogens (tertiary/aromatic N) is 2. The molecule has 4 aromatic carbocycles. The minimum atomic E-state index is -0.723. The summed E-state index contributed by atoms with van der Waals surface area (Å²) in [5.74, 6) is 2.85. The van der Waals surface area contributed by atoms with Gasteiger partial charge in [-0.05, 0) is 145 Å². The Morgan fingerprint density at radius 2 is 0.660 bits per heavy atom. The lowest BCUT2D eigenvalue weighted by atomic mass is 9.97. The van der Waals surface area contributed by atoms with Crippen LogP contribution < -0.4 is 21.2 Å². The number of hydrogen-bond acceptors (Lipinski definition) is 2. The number of rotatable bonds is 10. The van der Waals surface area contributed by atoms with Gasteiger partial charge in [0.1, 0.15) is 0 Å². The molecule has 7 rings (SSSR count). The molecule has 2 saturated carbocycles. The molecule has 0 N–H and O–H groups in total. The van der Waals surface area contributed by atoms with Gasteiger partial charge in [0, 0.05) is 47.6 Å². The molecular formula is C49H54N2P2. The maximum absolute atomic E-state index is 2.53. The van der Waals surface area contributed by atoms with Gasteiger partial charge in [0.05, 0.1) is 6.67 Å². The van der Waals surface area contributed by atoms with Gasteiger partial charge in [0.2, 0.25) is 0 Å². The molecule has 270 valence electrons. The Kier molecular flexibility index (Phi) is 11.6. The fourth-order valence-corrected chi connectivity index (χ4v) is 14.3. The molecule has 2 nitrogen and oxygen atoms in total. The van der Waals surface area contributed by atoms with Gasteiger partial charge in [0.25, 0.3) is 0 Å². The zero-order chi connectivity index (χ0) is 37.6. The van der Waals surface area contributed by atoms with Crippen LogP contribution in [-0.4, -0.2) is 28.6 Å². The Morgan fingerprint density at radius 1 is 0.396 bits per heavy atom. The second-order valence-electron chi connectivity index (χ2n) is 15.6. The van der Waals surface area contributed by atoms with Gasteiger partial charge >= 0.3 is 0 Å². The normalized spacial score (nSPS) is 18.7. The summed E-state index contributed by atoms with van der Waals surface area (Å²) in [5.41, 5.74) is 13.6. The van der Waals surface area contributed by atoms with Crippen molar-refractivity contribution < 1.29 is 0 Å². The van der Waals surface area contributed by atoms with Crippen LogP contribution in [0.25, 0.3) is 0 Å². The van der Waals surface area contributed by atoms with Crippen LogP contribution in [0.4, 0.5) is 0 Å². The Balaban J connectivity index is 1.13. The molecule has 10 radical (unpaired) electrons. The van der Waals surface area contributed by atoms with Crippen molar-refractivity contribution in [2.24, 2.45) is 0 Å².